The van der Waals surface area contributed by atoms with Crippen molar-refractivity contribution in [3.05, 3.63) is 77.6 Å². The van der Waals surface area contributed by atoms with Crippen LogP contribution in [0.4, 0.5) is 32.3 Å². The Hall–Kier alpha value is -4.51. The summed E-state index contributed by atoms with van der Waals surface area (Å²) in [5.74, 6) is -0.166. The van der Waals surface area contributed by atoms with E-state index in [1.165, 1.54) is 0 Å². The largest absolute Gasteiger partial charge is 0.449 e. The van der Waals surface area contributed by atoms with E-state index in [1.807, 2.05) is 12.1 Å². The summed E-state index contributed by atoms with van der Waals surface area (Å²) < 4.78 is 10.8. The normalized spacial score (nSPS) is 13.6. The van der Waals surface area contributed by atoms with E-state index in [0.717, 1.165) is 31.6 Å². The van der Waals surface area contributed by atoms with Crippen LogP contribution in [0.15, 0.2) is 67.0 Å². The number of nitrogens with zero attached hydrogens (tertiary/aromatic N) is 2. The van der Waals surface area contributed by atoms with Crippen molar-refractivity contribution in [2.24, 2.45) is 5.92 Å². The summed E-state index contributed by atoms with van der Waals surface area (Å²) in [6.07, 6.45) is 3.98. The molecule has 42 heavy (non-hydrogen) atoms. The van der Waals surface area contributed by atoms with E-state index >= 15 is 0 Å². The molecule has 0 unspecified atom stereocenters. The second kappa shape index (κ2) is 13.9. The Bertz CT molecular complexity index is 1370. The van der Waals surface area contributed by atoms with E-state index in [1.54, 1.807) is 75.6 Å². The molecule has 0 bridgehead atoms. The second-order valence-electron chi connectivity index (χ2n) is 10.8. The van der Waals surface area contributed by atoms with Gasteiger partial charge >= 0.3 is 12.2 Å². The number of halogens is 1. The summed E-state index contributed by atoms with van der Waals surface area (Å²) in [5.41, 5.74) is 7.08. The van der Waals surface area contributed by atoms with Gasteiger partial charge in [-0.05, 0) is 94.1 Å². The molecule has 4 rings (SSSR count). The zero-order valence-corrected chi connectivity index (χ0v) is 24.5. The molecule has 222 valence electrons. The second-order valence-corrected chi connectivity index (χ2v) is 11.3. The molecule has 4 N–H and O–H groups in total. The number of aromatic nitrogens is 1. The number of carbonyl (C=O) groups excluding carboxylic acids is 3. The van der Waals surface area contributed by atoms with E-state index < -0.39 is 23.7 Å². The van der Waals surface area contributed by atoms with Gasteiger partial charge in [-0.2, -0.15) is 0 Å². The third kappa shape index (κ3) is 9.27. The van der Waals surface area contributed by atoms with Gasteiger partial charge < -0.3 is 19.7 Å². The lowest BCUT2D eigenvalue weighted by Crippen LogP contribution is -2.36. The van der Waals surface area contributed by atoms with Crippen LogP contribution in [-0.2, 0) is 9.47 Å². The molecule has 0 atom stereocenters. The average Bonchev–Trinajstić information content (AvgIpc) is 2.96. The van der Waals surface area contributed by atoms with E-state index in [4.69, 9.17) is 21.1 Å². The molecule has 1 aromatic heterocycles. The van der Waals surface area contributed by atoms with Gasteiger partial charge in [0.15, 0.2) is 0 Å². The van der Waals surface area contributed by atoms with Crippen molar-refractivity contribution in [3.8, 4) is 0 Å². The molecule has 3 amide bonds. The number of rotatable bonds is 8. The van der Waals surface area contributed by atoms with Crippen molar-refractivity contribution in [3.63, 3.8) is 0 Å². The highest BCUT2D eigenvalue weighted by molar-refractivity contribution is 6.30. The lowest BCUT2D eigenvalue weighted by Gasteiger charge is -2.33. The van der Waals surface area contributed by atoms with Crippen LogP contribution in [0.25, 0.3) is 0 Å². The number of nitrogens with one attached hydrogen (secondary N) is 4. The van der Waals surface area contributed by atoms with E-state index in [0.29, 0.717) is 22.0 Å². The minimum Gasteiger partial charge on any atom is -0.449 e. The first-order chi connectivity index (χ1) is 20.1. The Morgan fingerprint density at radius 1 is 0.929 bits per heavy atom. The Morgan fingerprint density at radius 2 is 1.62 bits per heavy atom. The number of hydrogen-bond acceptors (Lipinski definition) is 8. The van der Waals surface area contributed by atoms with Gasteiger partial charge in [0.25, 0.3) is 5.91 Å². The van der Waals surface area contributed by atoms with Crippen LogP contribution in [0, 0.1) is 5.92 Å². The number of benzene rings is 2. The molecular formula is C30H35ClN6O5. The quantitative estimate of drug-likeness (QED) is 0.223. The van der Waals surface area contributed by atoms with E-state index in [-0.39, 0.29) is 18.2 Å². The predicted octanol–water partition coefficient (Wildman–Crippen LogP) is 6.30. The van der Waals surface area contributed by atoms with Crippen LogP contribution in [0.1, 0.15) is 44.0 Å². The predicted molar refractivity (Wildman–Crippen MR) is 163 cm³/mol. The molecule has 0 radical (unpaired) electrons. The summed E-state index contributed by atoms with van der Waals surface area (Å²) >= 11 is 5.94. The number of anilines is 4. The molecule has 11 nitrogen and oxygen atoms in total. The van der Waals surface area contributed by atoms with Crippen molar-refractivity contribution in [2.75, 3.05) is 40.7 Å². The summed E-state index contributed by atoms with van der Waals surface area (Å²) in [6.45, 7) is 7.24. The summed E-state index contributed by atoms with van der Waals surface area (Å²) in [6, 6.07) is 15.2. The SMILES string of the molecule is CC(C)(C)OC(=O)NNc1ccc(NC(=O)c2ccc(Cl)cc2)c(NC(=O)OCC2CCN(c3ccncc3)CC2)c1. The van der Waals surface area contributed by atoms with Gasteiger partial charge in [0.1, 0.15) is 5.60 Å². The molecule has 0 spiro atoms. The molecule has 1 saturated heterocycles. The Balaban J connectivity index is 1.38. The maximum atomic E-state index is 12.9. The molecule has 2 aromatic carbocycles. The summed E-state index contributed by atoms with van der Waals surface area (Å²) in [5, 5.41) is 6.02. The first-order valence-corrected chi connectivity index (χ1v) is 14.0. The molecule has 1 aliphatic rings. The smallest absolute Gasteiger partial charge is 0.426 e. The number of ether oxygens (including phenoxy) is 2. The van der Waals surface area contributed by atoms with Gasteiger partial charge in [0.2, 0.25) is 0 Å². The van der Waals surface area contributed by atoms with E-state index in [9.17, 15) is 14.4 Å². The number of piperidine rings is 1. The minimum absolute atomic E-state index is 0.226. The van der Waals surface area contributed by atoms with Crippen molar-refractivity contribution in [1.29, 1.82) is 0 Å². The Kier molecular flexibility index (Phi) is 10.1. The van der Waals surface area contributed by atoms with Gasteiger partial charge in [-0.25, -0.2) is 15.0 Å². The lowest BCUT2D eigenvalue weighted by atomic mass is 9.97. The topological polar surface area (TPSA) is 134 Å². The molecule has 2 heterocycles. The lowest BCUT2D eigenvalue weighted by molar-refractivity contribution is 0.0541. The number of amides is 3. The van der Waals surface area contributed by atoms with Crippen LogP contribution in [0.5, 0.6) is 0 Å². The van der Waals surface area contributed by atoms with Gasteiger partial charge in [0.05, 0.1) is 23.7 Å². The van der Waals surface area contributed by atoms with Crippen LogP contribution in [-0.4, -0.2) is 48.4 Å². The van der Waals surface area contributed by atoms with Crippen LogP contribution < -0.4 is 26.4 Å². The standard InChI is InChI=1S/C30H35ClN6O5/c1-30(2,3)42-29(40)36-35-23-8-9-25(33-27(38)21-4-6-22(31)7-5-21)26(18-23)34-28(39)41-19-20-12-16-37(17-13-20)24-10-14-32-15-11-24/h4-11,14-15,18,20,35H,12-13,16-17,19H2,1-3H3,(H,33,38)(H,34,39)(H,36,40). The van der Waals surface area contributed by atoms with Gasteiger partial charge in [-0.15, -0.1) is 0 Å². The van der Waals surface area contributed by atoms with Crippen LogP contribution in [0.3, 0.4) is 0 Å². The average molecular weight is 595 g/mol. The fraction of sp³-hybridized carbons (Fsp3) is 0.333. The number of carbonyl (C=O) groups is 3. The maximum Gasteiger partial charge on any atom is 0.426 e. The molecule has 12 heteroatoms. The van der Waals surface area contributed by atoms with Crippen molar-refractivity contribution < 1.29 is 23.9 Å². The highest BCUT2D eigenvalue weighted by Gasteiger charge is 2.22. The minimum atomic E-state index is -0.675. The van der Waals surface area contributed by atoms with Crippen molar-refractivity contribution >= 4 is 52.4 Å². The molecule has 1 fully saturated rings. The monoisotopic (exact) mass is 594 g/mol. The van der Waals surface area contributed by atoms with Gasteiger partial charge in [-0.1, -0.05) is 11.6 Å². The molecule has 0 saturated carbocycles. The molecular weight excluding hydrogens is 560 g/mol. The molecule has 3 aromatic rings. The van der Waals surface area contributed by atoms with E-state index in [2.05, 4.69) is 31.4 Å². The zero-order chi connectivity index (χ0) is 30.1. The van der Waals surface area contributed by atoms with Gasteiger partial charge in [0, 0.05) is 41.8 Å². The third-order valence-electron chi connectivity index (χ3n) is 6.41. The molecule has 0 aliphatic carbocycles. The number of hydrazine groups is 1. The zero-order valence-electron chi connectivity index (χ0n) is 23.8. The number of hydrogen-bond donors (Lipinski definition) is 4. The van der Waals surface area contributed by atoms with Crippen LogP contribution >= 0.6 is 11.6 Å². The van der Waals surface area contributed by atoms with Crippen molar-refractivity contribution in [2.45, 2.75) is 39.2 Å². The highest BCUT2D eigenvalue weighted by atomic mass is 35.5. The first kappa shape index (κ1) is 30.4. The summed E-state index contributed by atoms with van der Waals surface area (Å²) in [7, 11) is 0. The fourth-order valence-corrected chi connectivity index (χ4v) is 4.44. The van der Waals surface area contributed by atoms with Crippen LogP contribution in [0.2, 0.25) is 5.02 Å². The Morgan fingerprint density at radius 3 is 2.29 bits per heavy atom. The van der Waals surface area contributed by atoms with Gasteiger partial charge in [-0.3, -0.25) is 20.5 Å². The van der Waals surface area contributed by atoms with Crippen molar-refractivity contribution in [1.82, 2.24) is 10.4 Å². The Labute approximate surface area is 249 Å². The maximum absolute atomic E-state index is 12.9. The fourth-order valence-electron chi connectivity index (χ4n) is 4.31. The number of pyridine rings is 1. The molecule has 1 aliphatic heterocycles. The third-order valence-corrected chi connectivity index (χ3v) is 6.66. The first-order valence-electron chi connectivity index (χ1n) is 13.6. The highest BCUT2D eigenvalue weighted by Crippen LogP contribution is 2.28. The summed E-state index contributed by atoms with van der Waals surface area (Å²) in [4.78, 5) is 44.1.